The van der Waals surface area contributed by atoms with E-state index in [1.807, 2.05) is 18.2 Å². The van der Waals surface area contributed by atoms with Crippen molar-refractivity contribution in [3.05, 3.63) is 53.8 Å². The lowest BCUT2D eigenvalue weighted by atomic mass is 9.90. The van der Waals surface area contributed by atoms with Crippen LogP contribution < -0.4 is 4.74 Å². The normalized spacial score (nSPS) is 17.7. The summed E-state index contributed by atoms with van der Waals surface area (Å²) in [6.07, 6.45) is 5.33. The number of hydrogen-bond donors (Lipinski definition) is 1. The lowest BCUT2D eigenvalue weighted by molar-refractivity contribution is -0.139. The number of hydrogen-bond acceptors (Lipinski definition) is 2. The largest absolute Gasteiger partial charge is 0.493 e. The molecule has 0 aliphatic heterocycles. The van der Waals surface area contributed by atoms with Crippen molar-refractivity contribution in [3.8, 4) is 16.9 Å². The monoisotopic (exact) mass is 354 g/mol. The van der Waals surface area contributed by atoms with Crippen LogP contribution in [-0.2, 0) is 4.79 Å². The van der Waals surface area contributed by atoms with Crippen LogP contribution in [0.2, 0.25) is 0 Å². The number of aliphatic carboxylic acids is 1. The molecule has 1 N–H and O–H groups in total. The zero-order valence-electron chi connectivity index (χ0n) is 14.7. The summed E-state index contributed by atoms with van der Waals surface area (Å²) >= 11 is 0. The van der Waals surface area contributed by atoms with Gasteiger partial charge in [0.05, 0.1) is 12.5 Å². The van der Waals surface area contributed by atoms with E-state index in [2.05, 4.69) is 0 Å². The first-order valence-electron chi connectivity index (χ1n) is 9.35. The van der Waals surface area contributed by atoms with Gasteiger partial charge < -0.3 is 9.84 Å². The fourth-order valence-corrected chi connectivity index (χ4v) is 3.30. The standard InChI is InChI=1S/C22H23FO3/c23-18-8-5-16(6-9-18)19-12-17(20(22(24)25)11-14-1-2-14)7-10-21(19)26-13-15-3-4-15/h5-10,12,14-15,20H,1-4,11,13H2,(H,24,25). The Morgan fingerprint density at radius 1 is 1.08 bits per heavy atom. The van der Waals surface area contributed by atoms with Gasteiger partial charge in [-0.05, 0) is 66.5 Å². The van der Waals surface area contributed by atoms with Crippen molar-refractivity contribution < 1.29 is 19.0 Å². The van der Waals surface area contributed by atoms with E-state index in [0.29, 0.717) is 24.9 Å². The van der Waals surface area contributed by atoms with E-state index in [-0.39, 0.29) is 5.82 Å². The molecule has 1 atom stereocenters. The van der Waals surface area contributed by atoms with Crippen LogP contribution >= 0.6 is 0 Å². The molecule has 26 heavy (non-hydrogen) atoms. The van der Waals surface area contributed by atoms with Crippen LogP contribution in [0.5, 0.6) is 5.75 Å². The van der Waals surface area contributed by atoms with Gasteiger partial charge in [-0.3, -0.25) is 4.79 Å². The highest BCUT2D eigenvalue weighted by atomic mass is 19.1. The molecule has 3 nitrogen and oxygen atoms in total. The second kappa shape index (κ2) is 7.10. The number of ether oxygens (including phenoxy) is 1. The molecule has 2 aliphatic carbocycles. The van der Waals surface area contributed by atoms with Crippen LogP contribution in [0.15, 0.2) is 42.5 Å². The van der Waals surface area contributed by atoms with Crippen LogP contribution in [-0.4, -0.2) is 17.7 Å². The zero-order chi connectivity index (χ0) is 18.1. The molecule has 4 rings (SSSR count). The molecule has 2 fully saturated rings. The molecule has 0 spiro atoms. The summed E-state index contributed by atoms with van der Waals surface area (Å²) in [5, 5.41) is 9.67. The fourth-order valence-electron chi connectivity index (χ4n) is 3.30. The maximum Gasteiger partial charge on any atom is 0.310 e. The second-order valence-electron chi connectivity index (χ2n) is 7.59. The molecule has 0 saturated heterocycles. The van der Waals surface area contributed by atoms with Gasteiger partial charge in [-0.2, -0.15) is 0 Å². The zero-order valence-corrected chi connectivity index (χ0v) is 14.7. The Bertz CT molecular complexity index is 792. The SMILES string of the molecule is O=C(O)C(CC1CC1)c1ccc(OCC2CC2)c(-c2ccc(F)cc2)c1. The first kappa shape index (κ1) is 17.1. The Morgan fingerprint density at radius 3 is 2.38 bits per heavy atom. The summed E-state index contributed by atoms with van der Waals surface area (Å²) < 4.78 is 19.3. The summed E-state index contributed by atoms with van der Waals surface area (Å²) in [7, 11) is 0. The predicted octanol–water partition coefficient (Wildman–Crippen LogP) is 5.25. The van der Waals surface area contributed by atoms with E-state index in [9.17, 15) is 14.3 Å². The molecule has 0 aromatic heterocycles. The smallest absolute Gasteiger partial charge is 0.310 e. The van der Waals surface area contributed by atoms with Gasteiger partial charge in [0.15, 0.2) is 0 Å². The first-order valence-corrected chi connectivity index (χ1v) is 9.35. The van der Waals surface area contributed by atoms with Crippen LogP contribution in [0.3, 0.4) is 0 Å². The van der Waals surface area contributed by atoms with Gasteiger partial charge in [0.25, 0.3) is 0 Å². The third kappa shape index (κ3) is 4.06. The van der Waals surface area contributed by atoms with Crippen molar-refractivity contribution >= 4 is 5.97 Å². The highest BCUT2D eigenvalue weighted by molar-refractivity contribution is 5.79. The van der Waals surface area contributed by atoms with Crippen molar-refractivity contribution in [3.63, 3.8) is 0 Å². The van der Waals surface area contributed by atoms with Crippen molar-refractivity contribution in [1.82, 2.24) is 0 Å². The molecule has 2 saturated carbocycles. The van der Waals surface area contributed by atoms with Crippen LogP contribution in [0.4, 0.5) is 4.39 Å². The fraction of sp³-hybridized carbons (Fsp3) is 0.409. The second-order valence-corrected chi connectivity index (χ2v) is 7.59. The number of carboxylic acids is 1. The molecule has 2 aromatic carbocycles. The maximum atomic E-state index is 13.3. The van der Waals surface area contributed by atoms with Crippen LogP contribution in [0.25, 0.3) is 11.1 Å². The minimum Gasteiger partial charge on any atom is -0.493 e. The number of carbonyl (C=O) groups is 1. The van der Waals surface area contributed by atoms with E-state index < -0.39 is 11.9 Å². The highest BCUT2D eigenvalue weighted by Gasteiger charge is 2.31. The lowest BCUT2D eigenvalue weighted by Gasteiger charge is -2.17. The Morgan fingerprint density at radius 2 is 1.77 bits per heavy atom. The van der Waals surface area contributed by atoms with Gasteiger partial charge in [-0.1, -0.05) is 31.0 Å². The molecule has 2 aliphatic rings. The molecule has 0 radical (unpaired) electrons. The third-order valence-electron chi connectivity index (χ3n) is 5.30. The summed E-state index contributed by atoms with van der Waals surface area (Å²) in [5.41, 5.74) is 2.47. The Hall–Kier alpha value is -2.36. The number of benzene rings is 2. The molecule has 0 heterocycles. The molecule has 136 valence electrons. The molecule has 0 bridgehead atoms. The molecular weight excluding hydrogens is 331 g/mol. The van der Waals surface area contributed by atoms with Crippen molar-refractivity contribution in [2.75, 3.05) is 6.61 Å². The molecule has 4 heteroatoms. The van der Waals surface area contributed by atoms with Gasteiger partial charge in [0.2, 0.25) is 0 Å². The third-order valence-corrected chi connectivity index (χ3v) is 5.30. The van der Waals surface area contributed by atoms with Gasteiger partial charge in [-0.15, -0.1) is 0 Å². The summed E-state index contributed by atoms with van der Waals surface area (Å²) in [5.74, 6) is 0.312. The van der Waals surface area contributed by atoms with Gasteiger partial charge >= 0.3 is 5.97 Å². The lowest BCUT2D eigenvalue weighted by Crippen LogP contribution is -2.13. The average molecular weight is 354 g/mol. The van der Waals surface area contributed by atoms with E-state index in [1.165, 1.54) is 25.0 Å². The Balaban J connectivity index is 1.67. The van der Waals surface area contributed by atoms with E-state index >= 15 is 0 Å². The van der Waals surface area contributed by atoms with Crippen molar-refractivity contribution in [2.24, 2.45) is 11.8 Å². The molecule has 0 amide bonds. The summed E-state index contributed by atoms with van der Waals surface area (Å²) in [6.45, 7) is 0.679. The number of halogens is 1. The Labute approximate surface area is 152 Å². The van der Waals surface area contributed by atoms with E-state index in [1.54, 1.807) is 12.1 Å². The summed E-state index contributed by atoms with van der Waals surface area (Å²) in [6, 6.07) is 11.9. The highest BCUT2D eigenvalue weighted by Crippen LogP contribution is 2.41. The average Bonchev–Trinajstić information content (AvgIpc) is 3.54. The number of rotatable bonds is 8. The Kier molecular flexibility index (Phi) is 4.66. The van der Waals surface area contributed by atoms with Crippen molar-refractivity contribution in [1.29, 1.82) is 0 Å². The first-order chi connectivity index (χ1) is 12.6. The van der Waals surface area contributed by atoms with Crippen LogP contribution in [0, 0.1) is 17.7 Å². The van der Waals surface area contributed by atoms with E-state index in [0.717, 1.165) is 35.3 Å². The number of carboxylic acid groups (broad SMARTS) is 1. The van der Waals surface area contributed by atoms with Gasteiger partial charge in [-0.25, -0.2) is 4.39 Å². The van der Waals surface area contributed by atoms with Gasteiger partial charge in [0.1, 0.15) is 11.6 Å². The minimum atomic E-state index is -0.784. The molecule has 1 unspecified atom stereocenters. The predicted molar refractivity (Wildman–Crippen MR) is 97.8 cm³/mol. The van der Waals surface area contributed by atoms with Crippen LogP contribution in [0.1, 0.15) is 43.6 Å². The minimum absolute atomic E-state index is 0.289. The quantitative estimate of drug-likeness (QED) is 0.704. The topological polar surface area (TPSA) is 46.5 Å². The maximum absolute atomic E-state index is 13.3. The summed E-state index contributed by atoms with van der Waals surface area (Å²) in [4.78, 5) is 11.8. The van der Waals surface area contributed by atoms with Gasteiger partial charge in [0, 0.05) is 5.56 Å². The van der Waals surface area contributed by atoms with Crippen molar-refractivity contribution in [2.45, 2.75) is 38.0 Å². The van der Waals surface area contributed by atoms with E-state index in [4.69, 9.17) is 4.74 Å². The molecular formula is C22H23FO3. The molecule has 2 aromatic rings.